The minimum absolute atomic E-state index is 0.0581. The summed E-state index contributed by atoms with van der Waals surface area (Å²) >= 11 is 5.86. The van der Waals surface area contributed by atoms with Crippen LogP contribution in [0.2, 0.25) is 6.04 Å². The van der Waals surface area contributed by atoms with E-state index in [-0.39, 0.29) is 6.10 Å². The molecule has 0 aliphatic carbocycles. The van der Waals surface area contributed by atoms with Crippen molar-refractivity contribution in [2.75, 3.05) is 19.1 Å². The maximum absolute atomic E-state index is 6.05. The normalized spacial score (nSPS) is 13.4. The first-order chi connectivity index (χ1) is 9.65. The number of aryl methyl sites for hydroxylation is 1. The Bertz CT molecular complexity index is 355. The van der Waals surface area contributed by atoms with Crippen LogP contribution in [0.5, 0.6) is 0 Å². The predicted octanol–water partition coefficient (Wildman–Crippen LogP) is 3.88. The van der Waals surface area contributed by atoms with E-state index in [1.807, 2.05) is 39.0 Å². The van der Waals surface area contributed by atoms with Crippen LogP contribution < -0.4 is 0 Å². The minimum atomic E-state index is -2.65. The van der Waals surface area contributed by atoms with Gasteiger partial charge in [0, 0.05) is 25.1 Å². The number of hydrogen-bond donors (Lipinski definition) is 0. The molecule has 0 spiro atoms. The maximum atomic E-state index is 6.05. The van der Waals surface area contributed by atoms with Gasteiger partial charge in [-0.05, 0) is 32.8 Å². The highest BCUT2D eigenvalue weighted by atomic mass is 35.5. The number of benzene rings is 1. The van der Waals surface area contributed by atoms with E-state index in [1.54, 1.807) is 0 Å². The van der Waals surface area contributed by atoms with Gasteiger partial charge in [0.15, 0.2) is 0 Å². The molecule has 1 unspecified atom stereocenters. The number of rotatable bonds is 10. The molecule has 1 atom stereocenters. The molecule has 0 fully saturated rings. The molecule has 0 heterocycles. The summed E-state index contributed by atoms with van der Waals surface area (Å²) in [6, 6.07) is 11.1. The van der Waals surface area contributed by atoms with E-state index in [2.05, 4.69) is 12.1 Å². The minimum Gasteiger partial charge on any atom is -0.374 e. The molecule has 0 bridgehead atoms. The van der Waals surface area contributed by atoms with E-state index in [0.717, 1.165) is 12.5 Å². The van der Waals surface area contributed by atoms with Gasteiger partial charge in [-0.25, -0.2) is 0 Å². The summed E-state index contributed by atoms with van der Waals surface area (Å²) in [7, 11) is -2.65. The average Bonchev–Trinajstić information content (AvgIpc) is 2.47. The standard InChI is InChI=1S/C15H25ClO3Si/c1-4-17-20(18-5-2,19-14(3)13-16)12-11-15-9-7-6-8-10-15/h6-10,14H,4-5,11-13H2,1-3H3. The smallest absolute Gasteiger partial charge is 0.374 e. The Balaban J connectivity index is 2.73. The molecule has 20 heavy (non-hydrogen) atoms. The van der Waals surface area contributed by atoms with Crippen LogP contribution in [0.1, 0.15) is 26.3 Å². The second-order valence-electron chi connectivity index (χ2n) is 4.62. The van der Waals surface area contributed by atoms with Gasteiger partial charge in [0.1, 0.15) is 0 Å². The zero-order valence-electron chi connectivity index (χ0n) is 12.6. The van der Waals surface area contributed by atoms with E-state index in [9.17, 15) is 0 Å². The number of hydrogen-bond acceptors (Lipinski definition) is 3. The van der Waals surface area contributed by atoms with E-state index in [4.69, 9.17) is 24.9 Å². The van der Waals surface area contributed by atoms with Gasteiger partial charge >= 0.3 is 8.80 Å². The van der Waals surface area contributed by atoms with Gasteiger partial charge in [-0.15, -0.1) is 11.6 Å². The molecule has 0 aliphatic rings. The molecule has 0 saturated carbocycles. The van der Waals surface area contributed by atoms with Crippen LogP contribution in [0, 0.1) is 0 Å². The van der Waals surface area contributed by atoms with Crippen molar-refractivity contribution in [2.45, 2.75) is 39.3 Å². The first-order valence-electron chi connectivity index (χ1n) is 7.21. The van der Waals surface area contributed by atoms with E-state index < -0.39 is 8.80 Å². The Morgan fingerprint density at radius 3 is 2.20 bits per heavy atom. The molecular formula is C15H25ClO3Si. The van der Waals surface area contributed by atoms with Crippen LogP contribution in [0.4, 0.5) is 0 Å². The third kappa shape index (κ3) is 5.93. The average molecular weight is 317 g/mol. The van der Waals surface area contributed by atoms with Crippen molar-refractivity contribution in [3.8, 4) is 0 Å². The van der Waals surface area contributed by atoms with Gasteiger partial charge in [-0.1, -0.05) is 30.3 Å². The first-order valence-corrected chi connectivity index (χ1v) is 9.68. The molecule has 0 radical (unpaired) electrons. The Morgan fingerprint density at radius 2 is 1.70 bits per heavy atom. The zero-order chi connectivity index (χ0) is 14.8. The summed E-state index contributed by atoms with van der Waals surface area (Å²) in [5, 5.41) is 0. The van der Waals surface area contributed by atoms with Crippen LogP contribution in [-0.4, -0.2) is 34.0 Å². The molecule has 0 amide bonds. The highest BCUT2D eigenvalue weighted by Crippen LogP contribution is 2.21. The van der Waals surface area contributed by atoms with Crippen LogP contribution in [0.25, 0.3) is 0 Å². The lowest BCUT2D eigenvalue weighted by atomic mass is 10.2. The van der Waals surface area contributed by atoms with Gasteiger partial charge in [0.2, 0.25) is 0 Å². The lowest BCUT2D eigenvalue weighted by Gasteiger charge is -2.31. The lowest BCUT2D eigenvalue weighted by Crippen LogP contribution is -2.48. The Morgan fingerprint density at radius 1 is 1.10 bits per heavy atom. The maximum Gasteiger partial charge on any atom is 0.501 e. The second kappa shape index (κ2) is 9.53. The molecule has 3 nitrogen and oxygen atoms in total. The van der Waals surface area contributed by atoms with Crippen LogP contribution >= 0.6 is 11.6 Å². The molecule has 1 aromatic carbocycles. The topological polar surface area (TPSA) is 27.7 Å². The summed E-state index contributed by atoms with van der Waals surface area (Å²) in [5.41, 5.74) is 1.27. The third-order valence-electron chi connectivity index (χ3n) is 2.89. The second-order valence-corrected chi connectivity index (χ2v) is 7.61. The quantitative estimate of drug-likeness (QED) is 0.484. The van der Waals surface area contributed by atoms with Gasteiger partial charge < -0.3 is 13.3 Å². The van der Waals surface area contributed by atoms with Crippen molar-refractivity contribution < 1.29 is 13.3 Å². The third-order valence-corrected chi connectivity index (χ3v) is 6.40. The molecule has 0 saturated heterocycles. The summed E-state index contributed by atoms with van der Waals surface area (Å²) < 4.78 is 17.9. The van der Waals surface area contributed by atoms with Crippen molar-refractivity contribution in [3.05, 3.63) is 35.9 Å². The summed E-state index contributed by atoms with van der Waals surface area (Å²) in [4.78, 5) is 0. The van der Waals surface area contributed by atoms with E-state index in [1.165, 1.54) is 5.56 Å². The summed E-state index contributed by atoms with van der Waals surface area (Å²) in [6.45, 7) is 7.08. The van der Waals surface area contributed by atoms with Crippen LogP contribution in [0.3, 0.4) is 0 Å². The lowest BCUT2D eigenvalue weighted by molar-refractivity contribution is 0.0453. The molecule has 1 aromatic rings. The van der Waals surface area contributed by atoms with Crippen molar-refractivity contribution in [1.82, 2.24) is 0 Å². The zero-order valence-corrected chi connectivity index (χ0v) is 14.4. The van der Waals surface area contributed by atoms with Crippen molar-refractivity contribution in [1.29, 1.82) is 0 Å². The van der Waals surface area contributed by atoms with Gasteiger partial charge in [-0.2, -0.15) is 0 Å². The van der Waals surface area contributed by atoms with E-state index >= 15 is 0 Å². The molecular weight excluding hydrogens is 292 g/mol. The SMILES string of the molecule is CCO[Si](CCc1ccccc1)(OCC)OC(C)CCl. The molecule has 0 aromatic heterocycles. The Labute approximate surface area is 128 Å². The first kappa shape index (κ1) is 17.7. The molecule has 5 heteroatoms. The van der Waals surface area contributed by atoms with Gasteiger partial charge in [0.25, 0.3) is 0 Å². The van der Waals surface area contributed by atoms with Crippen LogP contribution in [0.15, 0.2) is 30.3 Å². The fraction of sp³-hybridized carbons (Fsp3) is 0.600. The monoisotopic (exact) mass is 316 g/mol. The highest BCUT2D eigenvalue weighted by molar-refractivity contribution is 6.60. The summed E-state index contributed by atoms with van der Waals surface area (Å²) in [5.74, 6) is 0.445. The van der Waals surface area contributed by atoms with E-state index in [0.29, 0.717) is 19.1 Å². The highest BCUT2D eigenvalue weighted by Gasteiger charge is 2.41. The summed E-state index contributed by atoms with van der Waals surface area (Å²) in [6.07, 6.45) is 0.833. The van der Waals surface area contributed by atoms with Gasteiger partial charge in [-0.3, -0.25) is 0 Å². The van der Waals surface area contributed by atoms with Crippen molar-refractivity contribution >= 4 is 20.4 Å². The van der Waals surface area contributed by atoms with Crippen molar-refractivity contribution in [3.63, 3.8) is 0 Å². The number of alkyl halides is 1. The predicted molar refractivity (Wildman–Crippen MR) is 85.2 cm³/mol. The van der Waals surface area contributed by atoms with Crippen LogP contribution in [-0.2, 0) is 19.7 Å². The molecule has 1 rings (SSSR count). The molecule has 0 aliphatic heterocycles. The number of halogens is 1. The Hall–Kier alpha value is -0.393. The van der Waals surface area contributed by atoms with Gasteiger partial charge in [0.05, 0.1) is 6.10 Å². The van der Waals surface area contributed by atoms with Crippen molar-refractivity contribution in [2.24, 2.45) is 0 Å². The molecule has 0 N–H and O–H groups in total. The largest absolute Gasteiger partial charge is 0.501 e. The fourth-order valence-corrected chi connectivity index (χ4v) is 5.00. The molecule has 114 valence electrons. The fourth-order valence-electron chi connectivity index (χ4n) is 2.03. The Kier molecular flexibility index (Phi) is 8.41.